The third kappa shape index (κ3) is 5.62. The highest BCUT2D eigenvalue weighted by Gasteiger charge is 2.27. The highest BCUT2D eigenvalue weighted by Crippen LogP contribution is 2.44. The van der Waals surface area contributed by atoms with Crippen molar-refractivity contribution in [2.24, 2.45) is 5.92 Å². The van der Waals surface area contributed by atoms with E-state index in [1.807, 2.05) is 0 Å². The first-order valence-corrected chi connectivity index (χ1v) is 11.3. The summed E-state index contributed by atoms with van der Waals surface area (Å²) in [6.07, 6.45) is 0.861. The summed E-state index contributed by atoms with van der Waals surface area (Å²) in [7, 11) is -0.632. The first-order valence-electron chi connectivity index (χ1n) is 10.4. The molecule has 0 amide bonds. The van der Waals surface area contributed by atoms with E-state index in [0.717, 1.165) is 45.6 Å². The summed E-state index contributed by atoms with van der Waals surface area (Å²) >= 11 is 0. The van der Waals surface area contributed by atoms with Crippen LogP contribution in [0.5, 0.6) is 11.5 Å². The summed E-state index contributed by atoms with van der Waals surface area (Å²) in [5.41, 5.74) is 6.10. The molecular formula is C25H35O4P. The molecule has 0 saturated carbocycles. The van der Waals surface area contributed by atoms with Crippen LogP contribution in [0, 0.1) is 19.8 Å². The molecule has 0 aromatic heterocycles. The van der Waals surface area contributed by atoms with Crippen LogP contribution < -0.4 is 9.26 Å². The van der Waals surface area contributed by atoms with Crippen LogP contribution in [0.25, 0.3) is 0 Å². The minimum atomic E-state index is -0.632. The van der Waals surface area contributed by atoms with E-state index < -0.39 is 9.03 Å². The van der Waals surface area contributed by atoms with Gasteiger partial charge in [0.2, 0.25) is 9.03 Å². The third-order valence-electron chi connectivity index (χ3n) is 5.28. The van der Waals surface area contributed by atoms with Gasteiger partial charge in [-0.05, 0) is 37.2 Å². The lowest BCUT2D eigenvalue weighted by Crippen LogP contribution is -2.16. The van der Waals surface area contributed by atoms with Gasteiger partial charge in [0.15, 0.2) is 0 Å². The standard InChI is InChI=1S/C25H35O4P/c1-15(2)9-19-10-16(3)11-20(23(19)29-30-27)18(5)21-12-17(4)13-22(25(6,7)8)24(21)28-14-26/h10-15,18,27,30H,9H2,1-8H3. The van der Waals surface area contributed by atoms with Gasteiger partial charge in [0.25, 0.3) is 6.47 Å². The van der Waals surface area contributed by atoms with Gasteiger partial charge in [0, 0.05) is 22.6 Å². The molecular weight excluding hydrogens is 395 g/mol. The van der Waals surface area contributed by atoms with Crippen molar-refractivity contribution in [2.45, 2.75) is 73.1 Å². The van der Waals surface area contributed by atoms with Gasteiger partial charge in [-0.15, -0.1) is 0 Å². The normalized spacial score (nSPS) is 13.1. The Labute approximate surface area is 183 Å². The van der Waals surface area contributed by atoms with Gasteiger partial charge in [-0.2, -0.15) is 0 Å². The monoisotopic (exact) mass is 430 g/mol. The zero-order valence-electron chi connectivity index (χ0n) is 19.4. The summed E-state index contributed by atoms with van der Waals surface area (Å²) in [5.74, 6) is 1.72. The molecule has 0 aliphatic carbocycles. The number of hydrogen-bond acceptors (Lipinski definition) is 4. The van der Waals surface area contributed by atoms with Crippen LogP contribution in [0.3, 0.4) is 0 Å². The molecule has 0 spiro atoms. The third-order valence-corrected chi connectivity index (χ3v) is 5.58. The van der Waals surface area contributed by atoms with Crippen LogP contribution >= 0.6 is 9.03 Å². The average molecular weight is 431 g/mol. The number of benzene rings is 2. The number of ether oxygens (including phenoxy) is 1. The molecule has 5 heteroatoms. The fourth-order valence-corrected chi connectivity index (χ4v) is 4.33. The molecule has 2 aromatic rings. The molecule has 0 heterocycles. The second-order valence-corrected chi connectivity index (χ2v) is 9.94. The van der Waals surface area contributed by atoms with E-state index in [2.05, 4.69) is 79.7 Å². The van der Waals surface area contributed by atoms with Gasteiger partial charge in [0.05, 0.1) is 0 Å². The van der Waals surface area contributed by atoms with E-state index in [1.54, 1.807) is 0 Å². The van der Waals surface area contributed by atoms with Crippen molar-refractivity contribution in [3.05, 3.63) is 57.6 Å². The van der Waals surface area contributed by atoms with E-state index in [1.165, 1.54) is 0 Å². The zero-order valence-corrected chi connectivity index (χ0v) is 20.4. The molecule has 0 radical (unpaired) electrons. The molecule has 30 heavy (non-hydrogen) atoms. The van der Waals surface area contributed by atoms with E-state index in [9.17, 15) is 9.69 Å². The fraction of sp³-hybridized carbons (Fsp3) is 0.480. The second kappa shape index (κ2) is 9.94. The molecule has 0 saturated heterocycles. The number of hydrogen-bond donors (Lipinski definition) is 1. The quantitative estimate of drug-likeness (QED) is 0.391. The molecule has 2 aromatic carbocycles. The Bertz CT molecular complexity index is 897. The maximum absolute atomic E-state index is 11.4. The Hall–Kier alpha value is -1.90. The molecule has 0 aliphatic heterocycles. The van der Waals surface area contributed by atoms with Crippen LogP contribution in [-0.4, -0.2) is 11.4 Å². The zero-order chi connectivity index (χ0) is 22.6. The van der Waals surface area contributed by atoms with Gasteiger partial charge in [-0.3, -0.25) is 4.79 Å². The Morgan fingerprint density at radius 3 is 2.07 bits per heavy atom. The van der Waals surface area contributed by atoms with Crippen molar-refractivity contribution < 1.29 is 18.9 Å². The van der Waals surface area contributed by atoms with Crippen LogP contribution in [0.2, 0.25) is 0 Å². The molecule has 2 unspecified atom stereocenters. The second-order valence-electron chi connectivity index (χ2n) is 9.55. The van der Waals surface area contributed by atoms with Crippen molar-refractivity contribution >= 4 is 15.5 Å². The van der Waals surface area contributed by atoms with Crippen molar-refractivity contribution in [1.82, 2.24) is 0 Å². The minimum Gasteiger partial charge on any atom is -0.449 e. The van der Waals surface area contributed by atoms with Gasteiger partial charge in [-0.1, -0.05) is 76.9 Å². The van der Waals surface area contributed by atoms with Crippen LogP contribution in [0.4, 0.5) is 0 Å². The fourth-order valence-electron chi connectivity index (χ4n) is 3.99. The van der Waals surface area contributed by atoms with Gasteiger partial charge < -0.3 is 14.2 Å². The molecule has 0 aliphatic rings. The van der Waals surface area contributed by atoms with E-state index in [-0.39, 0.29) is 11.3 Å². The van der Waals surface area contributed by atoms with Crippen LogP contribution in [0.15, 0.2) is 24.3 Å². The molecule has 2 rings (SSSR count). The topological polar surface area (TPSA) is 55.8 Å². The highest BCUT2D eigenvalue weighted by molar-refractivity contribution is 7.25. The van der Waals surface area contributed by atoms with E-state index in [0.29, 0.717) is 18.1 Å². The van der Waals surface area contributed by atoms with Crippen molar-refractivity contribution in [2.75, 3.05) is 0 Å². The van der Waals surface area contributed by atoms with Gasteiger partial charge in [-0.25, -0.2) is 0 Å². The van der Waals surface area contributed by atoms with Crippen molar-refractivity contribution in [3.63, 3.8) is 0 Å². The van der Waals surface area contributed by atoms with Gasteiger partial charge in [0.1, 0.15) is 11.5 Å². The van der Waals surface area contributed by atoms with Gasteiger partial charge >= 0.3 is 0 Å². The largest absolute Gasteiger partial charge is 0.449 e. The summed E-state index contributed by atoms with van der Waals surface area (Å²) in [6, 6.07) is 8.40. The lowest BCUT2D eigenvalue weighted by molar-refractivity contribution is -0.120. The average Bonchev–Trinajstić information content (AvgIpc) is 2.63. The number of carbonyl (C=O) groups is 1. The Morgan fingerprint density at radius 1 is 1.00 bits per heavy atom. The SMILES string of the molecule is Cc1cc(CC(C)C)c(OPO)c(C(C)c2cc(C)cc(C(C)(C)C)c2OC=O)c1. The summed E-state index contributed by atoms with van der Waals surface area (Å²) < 4.78 is 11.3. The minimum absolute atomic E-state index is 0.0851. The lowest BCUT2D eigenvalue weighted by Gasteiger charge is -2.27. The maximum Gasteiger partial charge on any atom is 0.298 e. The Morgan fingerprint density at radius 2 is 1.57 bits per heavy atom. The predicted molar refractivity (Wildman–Crippen MR) is 125 cm³/mol. The first kappa shape index (κ1) is 24.4. The summed E-state index contributed by atoms with van der Waals surface area (Å²) in [5, 5.41) is 0. The number of aryl methyl sites for hydroxylation is 2. The summed E-state index contributed by atoms with van der Waals surface area (Å²) in [4.78, 5) is 21.0. The highest BCUT2D eigenvalue weighted by atomic mass is 31.1. The lowest BCUT2D eigenvalue weighted by atomic mass is 9.80. The van der Waals surface area contributed by atoms with Crippen LogP contribution in [0.1, 0.15) is 80.8 Å². The number of carbonyl (C=O) groups excluding carboxylic acids is 1. The molecule has 2 atom stereocenters. The Kier molecular flexibility index (Phi) is 8.07. The van der Waals surface area contributed by atoms with E-state index in [4.69, 9.17) is 9.26 Å². The Balaban J connectivity index is 2.76. The molecule has 0 fully saturated rings. The molecule has 0 bridgehead atoms. The van der Waals surface area contributed by atoms with Crippen molar-refractivity contribution in [1.29, 1.82) is 0 Å². The molecule has 4 nitrogen and oxygen atoms in total. The smallest absolute Gasteiger partial charge is 0.298 e. The molecule has 164 valence electrons. The molecule has 1 N–H and O–H groups in total. The summed E-state index contributed by atoms with van der Waals surface area (Å²) in [6.45, 7) is 17.4. The van der Waals surface area contributed by atoms with E-state index >= 15 is 0 Å². The predicted octanol–water partition coefficient (Wildman–Crippen LogP) is 6.37. The van der Waals surface area contributed by atoms with Crippen LogP contribution in [-0.2, 0) is 16.6 Å². The van der Waals surface area contributed by atoms with Crippen molar-refractivity contribution in [3.8, 4) is 11.5 Å². The first-order chi connectivity index (χ1) is 14.0. The maximum atomic E-state index is 11.4. The number of rotatable bonds is 8.